The van der Waals surface area contributed by atoms with Gasteiger partial charge in [-0.05, 0) is 18.8 Å². The van der Waals surface area contributed by atoms with Gasteiger partial charge in [-0.3, -0.25) is 9.89 Å². The van der Waals surface area contributed by atoms with Gasteiger partial charge in [-0.15, -0.1) is 5.10 Å². The highest BCUT2D eigenvalue weighted by molar-refractivity contribution is 5.93. The summed E-state index contributed by atoms with van der Waals surface area (Å²) in [6.07, 6.45) is 2.14. The van der Waals surface area contributed by atoms with Crippen molar-refractivity contribution >= 4 is 11.9 Å². The minimum Gasteiger partial charge on any atom is -0.467 e. The van der Waals surface area contributed by atoms with Gasteiger partial charge in [-0.2, -0.15) is 0 Å². The average molecular weight is 282 g/mol. The summed E-state index contributed by atoms with van der Waals surface area (Å²) in [6.45, 7) is 5.95. The van der Waals surface area contributed by atoms with Gasteiger partial charge in [0.2, 0.25) is 5.82 Å². The van der Waals surface area contributed by atoms with Crippen LogP contribution in [0.1, 0.15) is 50.1 Å². The fourth-order valence-corrected chi connectivity index (χ4v) is 1.80. The van der Waals surface area contributed by atoms with Gasteiger partial charge in [0, 0.05) is 6.42 Å². The van der Waals surface area contributed by atoms with Gasteiger partial charge in [0.25, 0.3) is 5.91 Å². The molecule has 1 heterocycles. The van der Waals surface area contributed by atoms with Crippen LogP contribution in [-0.4, -0.2) is 40.2 Å². The van der Waals surface area contributed by atoms with Crippen LogP contribution in [0.25, 0.3) is 0 Å². The minimum absolute atomic E-state index is 0.0473. The van der Waals surface area contributed by atoms with E-state index in [1.165, 1.54) is 7.11 Å². The molecule has 20 heavy (non-hydrogen) atoms. The summed E-state index contributed by atoms with van der Waals surface area (Å²) in [4.78, 5) is 27.7. The summed E-state index contributed by atoms with van der Waals surface area (Å²) in [5, 5.41) is 9.17. The van der Waals surface area contributed by atoms with Crippen LogP contribution in [0.15, 0.2) is 0 Å². The summed E-state index contributed by atoms with van der Waals surface area (Å²) in [6, 6.07) is -0.680. The highest BCUT2D eigenvalue weighted by atomic mass is 16.5. The highest BCUT2D eigenvalue weighted by Crippen LogP contribution is 2.07. The monoisotopic (exact) mass is 282 g/mol. The maximum absolute atomic E-state index is 12.0. The van der Waals surface area contributed by atoms with E-state index in [2.05, 4.69) is 20.5 Å². The number of ether oxygens (including phenoxy) is 1. The van der Waals surface area contributed by atoms with E-state index < -0.39 is 17.9 Å². The molecule has 112 valence electrons. The third-order valence-corrected chi connectivity index (χ3v) is 2.72. The molecule has 1 aromatic heterocycles. The van der Waals surface area contributed by atoms with Gasteiger partial charge in [-0.1, -0.05) is 20.8 Å². The SMILES string of the molecule is CCCc1nc(C(=O)NC(CC(C)C)C(=O)OC)n[nH]1. The summed E-state index contributed by atoms with van der Waals surface area (Å²) in [5.74, 6) is 0.0282. The molecule has 0 fully saturated rings. The molecule has 2 N–H and O–H groups in total. The van der Waals surface area contributed by atoms with E-state index >= 15 is 0 Å². The lowest BCUT2D eigenvalue weighted by molar-refractivity contribution is -0.143. The second-order valence-corrected chi connectivity index (χ2v) is 5.03. The first kappa shape index (κ1) is 16.1. The number of rotatable bonds is 7. The van der Waals surface area contributed by atoms with Gasteiger partial charge >= 0.3 is 5.97 Å². The van der Waals surface area contributed by atoms with Gasteiger partial charge < -0.3 is 10.1 Å². The molecule has 0 aromatic carbocycles. The molecule has 1 rings (SSSR count). The van der Waals surface area contributed by atoms with Crippen molar-refractivity contribution in [2.75, 3.05) is 7.11 Å². The van der Waals surface area contributed by atoms with E-state index in [0.29, 0.717) is 12.2 Å². The standard InChI is InChI=1S/C13H22N4O3/c1-5-6-10-15-11(17-16-10)12(18)14-9(7-8(2)3)13(19)20-4/h8-9H,5-7H2,1-4H3,(H,14,18)(H,15,16,17). The molecule has 0 spiro atoms. The number of amides is 1. The predicted octanol–water partition coefficient (Wildman–Crippen LogP) is 1.07. The molecule has 0 aliphatic heterocycles. The molecule has 0 aliphatic rings. The molecule has 7 nitrogen and oxygen atoms in total. The zero-order valence-corrected chi connectivity index (χ0v) is 12.4. The van der Waals surface area contributed by atoms with Crippen molar-refractivity contribution < 1.29 is 14.3 Å². The summed E-state index contributed by atoms with van der Waals surface area (Å²) in [7, 11) is 1.30. The third-order valence-electron chi connectivity index (χ3n) is 2.72. The molecule has 0 radical (unpaired) electrons. The maximum atomic E-state index is 12.0. The van der Waals surface area contributed by atoms with Crippen LogP contribution in [0.4, 0.5) is 0 Å². The molecule has 0 saturated carbocycles. The fraction of sp³-hybridized carbons (Fsp3) is 0.692. The Balaban J connectivity index is 2.71. The Morgan fingerprint density at radius 2 is 2.10 bits per heavy atom. The lowest BCUT2D eigenvalue weighted by Crippen LogP contribution is -2.42. The molecular formula is C13H22N4O3. The Morgan fingerprint density at radius 1 is 1.40 bits per heavy atom. The van der Waals surface area contributed by atoms with Crippen molar-refractivity contribution in [1.29, 1.82) is 0 Å². The highest BCUT2D eigenvalue weighted by Gasteiger charge is 2.24. The van der Waals surface area contributed by atoms with Crippen LogP contribution in [0.3, 0.4) is 0 Å². The second-order valence-electron chi connectivity index (χ2n) is 5.03. The number of nitrogens with one attached hydrogen (secondary N) is 2. The molecule has 1 amide bonds. The largest absolute Gasteiger partial charge is 0.467 e. The van der Waals surface area contributed by atoms with Crippen molar-refractivity contribution in [3.8, 4) is 0 Å². The van der Waals surface area contributed by atoms with Crippen LogP contribution in [0, 0.1) is 5.92 Å². The first-order valence-corrected chi connectivity index (χ1v) is 6.77. The number of carbonyl (C=O) groups is 2. The van der Waals surface area contributed by atoms with Crippen molar-refractivity contribution in [1.82, 2.24) is 20.5 Å². The lowest BCUT2D eigenvalue weighted by atomic mass is 10.0. The zero-order chi connectivity index (χ0) is 15.1. The Labute approximate surface area is 118 Å². The van der Waals surface area contributed by atoms with Gasteiger partial charge in [-0.25, -0.2) is 9.78 Å². The molecule has 1 aromatic rings. The van der Waals surface area contributed by atoms with Crippen molar-refractivity contribution in [3.05, 3.63) is 11.6 Å². The van der Waals surface area contributed by atoms with E-state index in [1.54, 1.807) is 0 Å². The molecule has 0 bridgehead atoms. The molecule has 0 saturated heterocycles. The minimum atomic E-state index is -0.680. The van der Waals surface area contributed by atoms with E-state index in [9.17, 15) is 9.59 Å². The Bertz CT molecular complexity index is 456. The van der Waals surface area contributed by atoms with Gasteiger partial charge in [0.1, 0.15) is 11.9 Å². The van der Waals surface area contributed by atoms with Crippen LogP contribution in [-0.2, 0) is 16.0 Å². The number of methoxy groups -OCH3 is 1. The van der Waals surface area contributed by atoms with Gasteiger partial charge in [0.05, 0.1) is 7.11 Å². The smallest absolute Gasteiger partial charge is 0.328 e. The maximum Gasteiger partial charge on any atom is 0.328 e. The van der Waals surface area contributed by atoms with Gasteiger partial charge in [0.15, 0.2) is 0 Å². The lowest BCUT2D eigenvalue weighted by Gasteiger charge is -2.17. The van der Waals surface area contributed by atoms with E-state index in [-0.39, 0.29) is 11.7 Å². The number of H-pyrrole nitrogens is 1. The Kier molecular flexibility index (Phi) is 6.14. The fourth-order valence-electron chi connectivity index (χ4n) is 1.80. The van der Waals surface area contributed by atoms with Crippen LogP contribution in [0.5, 0.6) is 0 Å². The Hall–Kier alpha value is -1.92. The molecule has 1 unspecified atom stereocenters. The van der Waals surface area contributed by atoms with Crippen molar-refractivity contribution in [3.63, 3.8) is 0 Å². The van der Waals surface area contributed by atoms with Crippen molar-refractivity contribution in [2.45, 2.75) is 46.1 Å². The first-order valence-electron chi connectivity index (χ1n) is 6.77. The van der Waals surface area contributed by atoms with E-state index in [0.717, 1.165) is 12.8 Å². The Morgan fingerprint density at radius 3 is 2.65 bits per heavy atom. The summed E-state index contributed by atoms with van der Waals surface area (Å²) < 4.78 is 4.69. The number of nitrogens with zero attached hydrogens (tertiary/aromatic N) is 2. The number of esters is 1. The number of aryl methyl sites for hydroxylation is 1. The molecule has 1 atom stereocenters. The second kappa shape index (κ2) is 7.62. The quantitative estimate of drug-likeness (QED) is 0.729. The van der Waals surface area contributed by atoms with E-state index in [4.69, 9.17) is 4.74 Å². The first-order chi connectivity index (χ1) is 9.47. The molecular weight excluding hydrogens is 260 g/mol. The topological polar surface area (TPSA) is 97.0 Å². The number of aromatic amines is 1. The van der Waals surface area contributed by atoms with Crippen molar-refractivity contribution in [2.24, 2.45) is 5.92 Å². The average Bonchev–Trinajstić information content (AvgIpc) is 2.85. The number of carbonyl (C=O) groups excluding carboxylic acids is 2. The normalized spacial score (nSPS) is 12.2. The summed E-state index contributed by atoms with van der Waals surface area (Å²) in [5.41, 5.74) is 0. The number of aromatic nitrogens is 3. The van der Waals surface area contributed by atoms with E-state index in [1.807, 2.05) is 20.8 Å². The number of hydrogen-bond donors (Lipinski definition) is 2. The summed E-state index contributed by atoms with van der Waals surface area (Å²) >= 11 is 0. The predicted molar refractivity (Wildman–Crippen MR) is 73.1 cm³/mol. The molecule has 0 aliphatic carbocycles. The zero-order valence-electron chi connectivity index (χ0n) is 12.4. The van der Waals surface area contributed by atoms with Crippen LogP contribution >= 0.6 is 0 Å². The number of hydrogen-bond acceptors (Lipinski definition) is 5. The van der Waals surface area contributed by atoms with Crippen LogP contribution < -0.4 is 5.32 Å². The third kappa shape index (κ3) is 4.64. The molecule has 7 heteroatoms. The van der Waals surface area contributed by atoms with Crippen LogP contribution in [0.2, 0.25) is 0 Å².